The number of hydrogen-bond acceptors (Lipinski definition) is 5. The number of nitrogens with zero attached hydrogens (tertiary/aromatic N) is 3. The van der Waals surface area contributed by atoms with Crippen LogP contribution in [0, 0.1) is 0 Å². The van der Waals surface area contributed by atoms with Gasteiger partial charge in [-0.2, -0.15) is 5.10 Å². The molecule has 3 rings (SSSR count). The molecule has 1 N–H and O–H groups in total. The lowest BCUT2D eigenvalue weighted by Gasteiger charge is -2.04. The van der Waals surface area contributed by atoms with Crippen molar-refractivity contribution in [2.45, 2.75) is 0 Å². The number of nitrogens with one attached hydrogen (secondary N) is 1. The lowest BCUT2D eigenvalue weighted by molar-refractivity contribution is 0.415. The molecule has 0 saturated carbocycles. The van der Waals surface area contributed by atoms with E-state index in [2.05, 4.69) is 20.7 Å². The minimum absolute atomic E-state index is 0.373. The molecule has 0 saturated heterocycles. The van der Waals surface area contributed by atoms with Crippen LogP contribution in [0.4, 0.5) is 5.82 Å². The Morgan fingerprint density at radius 2 is 1.91 bits per heavy atom. The molecular weight excluding hydrogens is 300 g/mol. The van der Waals surface area contributed by atoms with Gasteiger partial charge in [-0.05, 0) is 17.7 Å². The highest BCUT2D eigenvalue weighted by molar-refractivity contribution is 6.34. The van der Waals surface area contributed by atoms with Gasteiger partial charge in [0.1, 0.15) is 5.75 Å². The molecule has 1 aromatic heterocycles. The molecule has 0 atom stereocenters. The molecule has 3 aromatic rings. The fraction of sp³-hybridized carbons (Fsp3) is 0.0625. The molecule has 0 aliphatic rings. The number of methoxy groups -OCH3 is 1. The molecule has 0 amide bonds. The van der Waals surface area contributed by atoms with Gasteiger partial charge in [0.25, 0.3) is 0 Å². The standard InChI is InChI=1S/C16H13ClN4O/c1-22-12-6-4-5-11(9-12)10-18-20-16-14-8-3-2-7-13(14)15(17)19-21-16/h2-10H,1H3,(H,20,21). The second kappa shape index (κ2) is 6.41. The summed E-state index contributed by atoms with van der Waals surface area (Å²) in [6.45, 7) is 0. The first kappa shape index (κ1) is 14.3. The largest absolute Gasteiger partial charge is 0.497 e. The van der Waals surface area contributed by atoms with Crippen LogP contribution in [0.5, 0.6) is 5.75 Å². The average molecular weight is 313 g/mol. The van der Waals surface area contributed by atoms with Crippen molar-refractivity contribution in [2.24, 2.45) is 5.10 Å². The molecule has 22 heavy (non-hydrogen) atoms. The Hall–Kier alpha value is -2.66. The molecule has 0 radical (unpaired) electrons. The van der Waals surface area contributed by atoms with Crippen molar-refractivity contribution < 1.29 is 4.74 Å². The molecule has 0 unspecified atom stereocenters. The molecule has 110 valence electrons. The molecule has 0 bridgehead atoms. The number of benzene rings is 2. The molecule has 0 aliphatic carbocycles. The number of fused-ring (bicyclic) bond motifs is 1. The van der Waals surface area contributed by atoms with Crippen LogP contribution in [0.3, 0.4) is 0 Å². The number of aromatic nitrogens is 2. The summed E-state index contributed by atoms with van der Waals surface area (Å²) in [4.78, 5) is 0. The first-order chi connectivity index (χ1) is 10.8. The Labute approximate surface area is 132 Å². The number of halogens is 1. The van der Waals surface area contributed by atoms with Crippen LogP contribution in [0.2, 0.25) is 5.15 Å². The van der Waals surface area contributed by atoms with Gasteiger partial charge in [-0.1, -0.05) is 48.0 Å². The Morgan fingerprint density at radius 3 is 2.73 bits per heavy atom. The maximum absolute atomic E-state index is 6.04. The summed E-state index contributed by atoms with van der Waals surface area (Å²) in [7, 11) is 1.63. The molecule has 0 fully saturated rings. The zero-order chi connectivity index (χ0) is 15.4. The van der Waals surface area contributed by atoms with Crippen molar-refractivity contribution in [3.63, 3.8) is 0 Å². The number of hydrogen-bond donors (Lipinski definition) is 1. The minimum Gasteiger partial charge on any atom is -0.497 e. The number of rotatable bonds is 4. The first-order valence-corrected chi connectivity index (χ1v) is 7.00. The SMILES string of the molecule is COc1cccc(C=NNc2nnc(Cl)c3ccccc23)c1. The molecule has 5 nitrogen and oxygen atoms in total. The summed E-state index contributed by atoms with van der Waals surface area (Å²) in [6, 6.07) is 15.2. The van der Waals surface area contributed by atoms with Gasteiger partial charge in [0.2, 0.25) is 0 Å². The maximum atomic E-state index is 6.04. The van der Waals surface area contributed by atoms with Crippen molar-refractivity contribution in [1.82, 2.24) is 10.2 Å². The van der Waals surface area contributed by atoms with Gasteiger partial charge < -0.3 is 4.74 Å². The predicted molar refractivity (Wildman–Crippen MR) is 88.8 cm³/mol. The molecular formula is C16H13ClN4O. The lowest BCUT2D eigenvalue weighted by atomic mass is 10.2. The van der Waals surface area contributed by atoms with Gasteiger partial charge >= 0.3 is 0 Å². The summed E-state index contributed by atoms with van der Waals surface area (Å²) in [6.07, 6.45) is 1.69. The van der Waals surface area contributed by atoms with E-state index in [1.807, 2.05) is 48.5 Å². The van der Waals surface area contributed by atoms with E-state index in [9.17, 15) is 0 Å². The van der Waals surface area contributed by atoms with Crippen molar-refractivity contribution in [3.05, 3.63) is 59.2 Å². The number of hydrazone groups is 1. The van der Waals surface area contributed by atoms with Crippen molar-refractivity contribution in [1.29, 1.82) is 0 Å². The highest BCUT2D eigenvalue weighted by Crippen LogP contribution is 2.25. The molecule has 6 heteroatoms. The number of ether oxygens (including phenoxy) is 1. The summed E-state index contributed by atoms with van der Waals surface area (Å²) in [5.41, 5.74) is 3.81. The van der Waals surface area contributed by atoms with Crippen LogP contribution >= 0.6 is 11.6 Å². The van der Waals surface area contributed by atoms with Crippen LogP contribution < -0.4 is 10.2 Å². The molecule has 1 heterocycles. The second-order valence-electron chi connectivity index (χ2n) is 4.53. The summed E-state index contributed by atoms with van der Waals surface area (Å²) >= 11 is 6.04. The Balaban J connectivity index is 1.85. The van der Waals surface area contributed by atoms with Gasteiger partial charge in [-0.3, -0.25) is 5.43 Å². The Kier molecular flexibility index (Phi) is 4.16. The van der Waals surface area contributed by atoms with E-state index >= 15 is 0 Å². The molecule has 0 aliphatic heterocycles. The van der Waals surface area contributed by atoms with Crippen molar-refractivity contribution >= 4 is 34.4 Å². The van der Waals surface area contributed by atoms with E-state index in [0.29, 0.717) is 11.0 Å². The Morgan fingerprint density at radius 1 is 1.09 bits per heavy atom. The summed E-state index contributed by atoms with van der Waals surface area (Å²) in [5.74, 6) is 1.33. The lowest BCUT2D eigenvalue weighted by Crippen LogP contribution is -1.97. The van der Waals surface area contributed by atoms with E-state index in [-0.39, 0.29) is 0 Å². The van der Waals surface area contributed by atoms with Gasteiger partial charge in [0.05, 0.1) is 13.3 Å². The van der Waals surface area contributed by atoms with Gasteiger partial charge in [-0.25, -0.2) is 0 Å². The Bertz CT molecular complexity index is 835. The van der Waals surface area contributed by atoms with Crippen LogP contribution in [0.15, 0.2) is 53.6 Å². The van der Waals surface area contributed by atoms with Gasteiger partial charge in [0, 0.05) is 10.8 Å². The van der Waals surface area contributed by atoms with Gasteiger partial charge in [0.15, 0.2) is 11.0 Å². The van der Waals surface area contributed by atoms with E-state index < -0.39 is 0 Å². The zero-order valence-electron chi connectivity index (χ0n) is 11.8. The average Bonchev–Trinajstić information content (AvgIpc) is 2.57. The maximum Gasteiger partial charge on any atom is 0.176 e. The molecule has 0 spiro atoms. The smallest absolute Gasteiger partial charge is 0.176 e. The predicted octanol–water partition coefficient (Wildman–Crippen LogP) is 3.74. The normalized spacial score (nSPS) is 11.0. The van der Waals surface area contributed by atoms with Crippen molar-refractivity contribution in [3.8, 4) is 5.75 Å². The second-order valence-corrected chi connectivity index (χ2v) is 4.89. The van der Waals surface area contributed by atoms with E-state index in [0.717, 1.165) is 22.1 Å². The highest BCUT2D eigenvalue weighted by Gasteiger charge is 2.06. The third-order valence-corrected chi connectivity index (χ3v) is 3.40. The van der Waals surface area contributed by atoms with Crippen molar-refractivity contribution in [2.75, 3.05) is 12.5 Å². The van der Waals surface area contributed by atoms with Crippen LogP contribution in [-0.4, -0.2) is 23.5 Å². The van der Waals surface area contributed by atoms with Crippen LogP contribution in [0.25, 0.3) is 10.8 Å². The highest BCUT2D eigenvalue weighted by atomic mass is 35.5. The zero-order valence-corrected chi connectivity index (χ0v) is 12.6. The quantitative estimate of drug-likeness (QED) is 0.589. The fourth-order valence-corrected chi connectivity index (χ4v) is 2.25. The first-order valence-electron chi connectivity index (χ1n) is 6.62. The topological polar surface area (TPSA) is 59.4 Å². The fourth-order valence-electron chi connectivity index (χ4n) is 2.04. The number of anilines is 1. The minimum atomic E-state index is 0.373. The van der Waals surface area contributed by atoms with E-state index in [1.165, 1.54) is 0 Å². The van der Waals surface area contributed by atoms with E-state index in [1.54, 1.807) is 13.3 Å². The summed E-state index contributed by atoms with van der Waals surface area (Å²) < 4.78 is 5.17. The molecule has 2 aromatic carbocycles. The van der Waals surface area contributed by atoms with E-state index in [4.69, 9.17) is 16.3 Å². The third-order valence-electron chi connectivity index (χ3n) is 3.12. The van der Waals surface area contributed by atoms with Crippen LogP contribution in [0.1, 0.15) is 5.56 Å². The monoisotopic (exact) mass is 312 g/mol. The van der Waals surface area contributed by atoms with Crippen LogP contribution in [-0.2, 0) is 0 Å². The third kappa shape index (κ3) is 2.99. The van der Waals surface area contributed by atoms with Gasteiger partial charge in [-0.15, -0.1) is 10.2 Å². The summed E-state index contributed by atoms with van der Waals surface area (Å²) in [5, 5.41) is 14.2.